The van der Waals surface area contributed by atoms with Crippen molar-refractivity contribution in [1.82, 2.24) is 15.2 Å². The van der Waals surface area contributed by atoms with Crippen molar-refractivity contribution in [2.45, 2.75) is 90.3 Å². The first-order valence-electron chi connectivity index (χ1n) is 14.5. The van der Waals surface area contributed by atoms with Gasteiger partial charge in [0.25, 0.3) is 0 Å². The molecule has 0 aliphatic carbocycles. The average Bonchev–Trinajstić information content (AvgIpc) is 2.92. The van der Waals surface area contributed by atoms with E-state index in [-0.39, 0.29) is 6.04 Å². The van der Waals surface area contributed by atoms with Gasteiger partial charge >= 0.3 is 0 Å². The Balaban J connectivity index is 1.40. The van der Waals surface area contributed by atoms with Gasteiger partial charge in [0.1, 0.15) is 5.67 Å². The Morgan fingerprint density at radius 2 is 1.84 bits per heavy atom. The molecule has 1 unspecified atom stereocenters. The molecule has 1 fully saturated rings. The van der Waals surface area contributed by atoms with E-state index < -0.39 is 5.67 Å². The minimum absolute atomic E-state index is 0.276. The summed E-state index contributed by atoms with van der Waals surface area (Å²) in [6.07, 6.45) is 11.1. The molecule has 1 aliphatic rings. The lowest BCUT2D eigenvalue weighted by Gasteiger charge is -2.36. The van der Waals surface area contributed by atoms with E-state index in [9.17, 15) is 4.39 Å². The van der Waals surface area contributed by atoms with Crippen LogP contribution >= 0.6 is 0 Å². The lowest BCUT2D eigenvalue weighted by Crippen LogP contribution is -2.43. The molecule has 0 saturated carbocycles. The van der Waals surface area contributed by atoms with E-state index in [2.05, 4.69) is 60.1 Å². The normalized spacial score (nSPS) is 16.0. The number of nitrogens with two attached hydrogens (primary N) is 1. The van der Waals surface area contributed by atoms with Crippen LogP contribution in [-0.4, -0.2) is 47.8 Å². The van der Waals surface area contributed by atoms with Crippen molar-refractivity contribution < 1.29 is 4.39 Å². The smallest absolute Gasteiger partial charge is 0.123 e. The van der Waals surface area contributed by atoms with Crippen LogP contribution in [0.3, 0.4) is 0 Å². The first-order valence-corrected chi connectivity index (χ1v) is 14.5. The van der Waals surface area contributed by atoms with Gasteiger partial charge in [0, 0.05) is 36.6 Å². The van der Waals surface area contributed by atoms with E-state index in [0.29, 0.717) is 19.4 Å². The van der Waals surface area contributed by atoms with E-state index in [1.54, 1.807) is 0 Å². The maximum absolute atomic E-state index is 14.7. The monoisotopic (exact) mass is 508 g/mol. The van der Waals surface area contributed by atoms with E-state index in [4.69, 9.17) is 10.7 Å². The molecular weight excluding hydrogens is 459 g/mol. The van der Waals surface area contributed by atoms with Crippen LogP contribution in [0.25, 0.3) is 17.0 Å². The molecule has 1 aromatic carbocycles. The lowest BCUT2D eigenvalue weighted by molar-refractivity contribution is 0.0628. The Bertz CT molecular complexity index is 926. The molecule has 1 atom stereocenters. The molecule has 2 aromatic rings. The van der Waals surface area contributed by atoms with Crippen LogP contribution in [0.1, 0.15) is 83.3 Å². The quantitative estimate of drug-likeness (QED) is 0.254. The fourth-order valence-corrected chi connectivity index (χ4v) is 5.20. The van der Waals surface area contributed by atoms with Gasteiger partial charge in [-0.25, -0.2) is 4.39 Å². The summed E-state index contributed by atoms with van der Waals surface area (Å²) in [6.45, 7) is 13.7. The number of aromatic nitrogens is 1. The number of rotatable bonds is 15. The standard InChI is InChI=1S/C32H49FN4/c1-5-32(33,6-2)24-37-21-18-27(19-22-37)10-11-28-12-17-31(36-23-28)30-15-13-29(14-16-30)26(4)35-20-8-7-9-25(3)34/h12-17,23,25,27,35H,4-11,18-22,24,34H2,1-3H3. The van der Waals surface area contributed by atoms with Gasteiger partial charge in [-0.2, -0.15) is 0 Å². The highest BCUT2D eigenvalue weighted by Crippen LogP contribution is 2.27. The highest BCUT2D eigenvalue weighted by molar-refractivity contribution is 5.66. The van der Waals surface area contributed by atoms with Crippen LogP contribution in [0.5, 0.6) is 0 Å². The van der Waals surface area contributed by atoms with Crippen molar-refractivity contribution in [1.29, 1.82) is 0 Å². The third kappa shape index (κ3) is 9.54. The Kier molecular flexibility index (Phi) is 11.6. The minimum atomic E-state index is -1.02. The van der Waals surface area contributed by atoms with Crippen molar-refractivity contribution in [3.63, 3.8) is 0 Å². The molecule has 0 spiro atoms. The molecule has 0 bridgehead atoms. The van der Waals surface area contributed by atoms with Crippen molar-refractivity contribution in [2.24, 2.45) is 11.7 Å². The Morgan fingerprint density at radius 1 is 1.14 bits per heavy atom. The Morgan fingerprint density at radius 3 is 2.43 bits per heavy atom. The van der Waals surface area contributed by atoms with Crippen LogP contribution in [0.15, 0.2) is 49.2 Å². The summed E-state index contributed by atoms with van der Waals surface area (Å²) in [5, 5.41) is 3.43. The number of nitrogens with one attached hydrogen (secondary N) is 1. The van der Waals surface area contributed by atoms with Gasteiger partial charge < -0.3 is 16.0 Å². The second-order valence-corrected chi connectivity index (χ2v) is 11.1. The summed E-state index contributed by atoms with van der Waals surface area (Å²) < 4.78 is 14.7. The highest BCUT2D eigenvalue weighted by atomic mass is 19.1. The van der Waals surface area contributed by atoms with E-state index in [1.807, 2.05) is 20.0 Å². The summed E-state index contributed by atoms with van der Waals surface area (Å²) >= 11 is 0. The van der Waals surface area contributed by atoms with Crippen LogP contribution in [0, 0.1) is 5.92 Å². The van der Waals surface area contributed by atoms with Crippen molar-refractivity contribution in [2.75, 3.05) is 26.2 Å². The predicted octanol–water partition coefficient (Wildman–Crippen LogP) is 7.00. The molecule has 3 N–H and O–H groups in total. The van der Waals surface area contributed by atoms with Crippen molar-refractivity contribution >= 4 is 5.70 Å². The van der Waals surface area contributed by atoms with Gasteiger partial charge in [0.05, 0.1) is 5.69 Å². The van der Waals surface area contributed by atoms with Crippen molar-refractivity contribution in [3.8, 4) is 11.3 Å². The molecule has 1 saturated heterocycles. The number of halogens is 1. The second kappa shape index (κ2) is 14.6. The van der Waals surface area contributed by atoms with Crippen LogP contribution in [0.2, 0.25) is 0 Å². The van der Waals surface area contributed by atoms with Gasteiger partial charge in [0.2, 0.25) is 0 Å². The number of pyridine rings is 1. The molecule has 5 heteroatoms. The fraction of sp³-hybridized carbons (Fsp3) is 0.594. The summed E-state index contributed by atoms with van der Waals surface area (Å²) in [5.41, 5.74) is 10.3. The van der Waals surface area contributed by atoms with Gasteiger partial charge in [-0.3, -0.25) is 4.98 Å². The number of aryl methyl sites for hydroxylation is 1. The molecule has 1 aromatic heterocycles. The topological polar surface area (TPSA) is 54.2 Å². The summed E-state index contributed by atoms with van der Waals surface area (Å²) in [5.74, 6) is 0.728. The first kappa shape index (κ1) is 29.3. The van der Waals surface area contributed by atoms with E-state index >= 15 is 0 Å². The number of hydrogen-bond acceptors (Lipinski definition) is 4. The molecule has 204 valence electrons. The first-order chi connectivity index (χ1) is 17.8. The third-order valence-corrected chi connectivity index (χ3v) is 8.10. The fourth-order valence-electron chi connectivity index (χ4n) is 5.20. The molecule has 4 nitrogen and oxygen atoms in total. The molecule has 0 amide bonds. The summed E-state index contributed by atoms with van der Waals surface area (Å²) in [4.78, 5) is 7.08. The zero-order chi connectivity index (χ0) is 26.7. The lowest BCUT2D eigenvalue weighted by atomic mass is 9.89. The maximum atomic E-state index is 14.7. The SMILES string of the molecule is C=C(NCCCCC(C)N)c1ccc(-c2ccc(CCC3CCN(CC(F)(CC)CC)CC3)cn2)cc1. The zero-order valence-electron chi connectivity index (χ0n) is 23.4. The van der Waals surface area contributed by atoms with Gasteiger partial charge in [-0.05, 0) is 94.5 Å². The van der Waals surface area contributed by atoms with E-state index in [1.165, 1.54) is 24.8 Å². The minimum Gasteiger partial charge on any atom is -0.385 e. The van der Waals surface area contributed by atoms with Gasteiger partial charge in [-0.1, -0.05) is 57.2 Å². The third-order valence-electron chi connectivity index (χ3n) is 8.10. The number of alkyl halides is 1. The van der Waals surface area contributed by atoms with Crippen molar-refractivity contribution in [3.05, 3.63) is 60.3 Å². The van der Waals surface area contributed by atoms with Crippen LogP contribution in [0.4, 0.5) is 4.39 Å². The highest BCUT2D eigenvalue weighted by Gasteiger charge is 2.30. The average molecular weight is 509 g/mol. The summed E-state index contributed by atoms with van der Waals surface area (Å²) in [6, 6.07) is 13.1. The number of unbranched alkanes of at least 4 members (excludes halogenated alkanes) is 1. The Hall–Kier alpha value is -2.24. The molecule has 37 heavy (non-hydrogen) atoms. The molecule has 0 radical (unpaired) electrons. The van der Waals surface area contributed by atoms with Gasteiger partial charge in [-0.15, -0.1) is 0 Å². The molecule has 1 aliphatic heterocycles. The Labute approximate surface area is 224 Å². The zero-order valence-corrected chi connectivity index (χ0v) is 23.4. The number of nitrogens with zero attached hydrogens (tertiary/aromatic N) is 2. The van der Waals surface area contributed by atoms with Crippen LogP contribution < -0.4 is 11.1 Å². The number of benzene rings is 1. The largest absolute Gasteiger partial charge is 0.385 e. The number of hydrogen-bond donors (Lipinski definition) is 2. The maximum Gasteiger partial charge on any atom is 0.123 e. The van der Waals surface area contributed by atoms with E-state index in [0.717, 1.165) is 73.8 Å². The molecule has 3 rings (SSSR count). The predicted molar refractivity (Wildman–Crippen MR) is 156 cm³/mol. The second-order valence-electron chi connectivity index (χ2n) is 11.1. The summed E-state index contributed by atoms with van der Waals surface area (Å²) in [7, 11) is 0. The molecular formula is C32H49FN4. The molecule has 2 heterocycles. The number of piperidine rings is 1. The van der Waals surface area contributed by atoms with Gasteiger partial charge in [0.15, 0.2) is 0 Å². The number of likely N-dealkylation sites (tertiary alicyclic amines) is 1. The van der Waals surface area contributed by atoms with Crippen LogP contribution in [-0.2, 0) is 6.42 Å².